The molecule has 0 saturated carbocycles. The lowest BCUT2D eigenvalue weighted by Crippen LogP contribution is -2.25. The highest BCUT2D eigenvalue weighted by Crippen LogP contribution is 2.20. The van der Waals surface area contributed by atoms with Gasteiger partial charge in [-0.3, -0.25) is 4.79 Å². The number of aromatic nitrogens is 2. The minimum atomic E-state index is -0.150. The van der Waals surface area contributed by atoms with Gasteiger partial charge in [-0.1, -0.05) is 4.49 Å². The molecule has 1 aromatic heterocycles. The lowest BCUT2D eigenvalue weighted by Gasteiger charge is -2.16. The topological polar surface area (TPSA) is 66.3 Å². The molecule has 6 heteroatoms. The maximum Gasteiger partial charge on any atom is 0.271 e. The zero-order valence-corrected chi connectivity index (χ0v) is 10.2. The Morgan fingerprint density at radius 2 is 2.00 bits per heavy atom. The molecule has 0 bridgehead atoms. The Bertz CT molecular complexity index is 536. The van der Waals surface area contributed by atoms with Crippen LogP contribution in [-0.2, 0) is 0 Å². The first-order valence-corrected chi connectivity index (χ1v) is 5.73. The zero-order valence-electron chi connectivity index (χ0n) is 9.41. The summed E-state index contributed by atoms with van der Waals surface area (Å²) in [4.78, 5) is 14.1. The molecule has 5 nitrogen and oxygen atoms in total. The average Bonchev–Trinajstić information content (AvgIpc) is 2.74. The number of carbonyl (C=O) groups is 1. The zero-order chi connectivity index (χ0) is 12.4. The summed E-state index contributed by atoms with van der Waals surface area (Å²) in [5.74, 6) is 0.0217. The Morgan fingerprint density at radius 3 is 2.53 bits per heavy atom. The first kappa shape index (κ1) is 11.5. The molecule has 0 unspecified atom stereocenters. The fourth-order valence-electron chi connectivity index (χ4n) is 1.37. The van der Waals surface area contributed by atoms with Crippen LogP contribution >= 0.6 is 11.5 Å². The molecule has 0 aliphatic rings. The van der Waals surface area contributed by atoms with Crippen molar-refractivity contribution in [2.75, 3.05) is 11.9 Å². The van der Waals surface area contributed by atoms with Gasteiger partial charge < -0.3 is 10.0 Å². The molecule has 0 atom stereocenters. The van der Waals surface area contributed by atoms with Crippen LogP contribution in [0.25, 0.3) is 0 Å². The Kier molecular flexibility index (Phi) is 3.06. The van der Waals surface area contributed by atoms with E-state index >= 15 is 0 Å². The van der Waals surface area contributed by atoms with E-state index in [1.54, 1.807) is 26.1 Å². The van der Waals surface area contributed by atoms with Gasteiger partial charge in [0.15, 0.2) is 0 Å². The number of phenols is 1. The second-order valence-electron chi connectivity index (χ2n) is 3.57. The number of anilines is 1. The molecule has 0 fully saturated rings. The molecule has 0 aliphatic heterocycles. The first-order valence-electron chi connectivity index (χ1n) is 4.95. The van der Waals surface area contributed by atoms with Gasteiger partial charge in [-0.25, -0.2) is 0 Å². The first-order chi connectivity index (χ1) is 8.09. The van der Waals surface area contributed by atoms with E-state index in [1.165, 1.54) is 17.0 Å². The quantitative estimate of drug-likeness (QED) is 0.881. The minimum Gasteiger partial charge on any atom is -0.508 e. The molecule has 0 saturated heterocycles. The molecule has 17 heavy (non-hydrogen) atoms. The summed E-state index contributed by atoms with van der Waals surface area (Å²) in [6, 6.07) is 6.43. The van der Waals surface area contributed by atoms with E-state index in [0.29, 0.717) is 16.3 Å². The summed E-state index contributed by atoms with van der Waals surface area (Å²) >= 11 is 1.08. The average molecular weight is 249 g/mol. The highest BCUT2D eigenvalue weighted by molar-refractivity contribution is 7.08. The molecular formula is C11H11N3O2S. The van der Waals surface area contributed by atoms with Gasteiger partial charge in [0.25, 0.3) is 5.91 Å². The highest BCUT2D eigenvalue weighted by Gasteiger charge is 2.18. The molecule has 1 heterocycles. The standard InChI is InChI=1S/C11H11N3O2S/c1-7-10(17-13-12-7)11(16)14(2)8-3-5-9(15)6-4-8/h3-6,15H,1-2H3. The van der Waals surface area contributed by atoms with Gasteiger partial charge in [0.05, 0.1) is 5.69 Å². The van der Waals surface area contributed by atoms with Crippen molar-refractivity contribution in [1.29, 1.82) is 0 Å². The maximum absolute atomic E-state index is 12.1. The van der Waals surface area contributed by atoms with E-state index in [-0.39, 0.29) is 11.7 Å². The van der Waals surface area contributed by atoms with E-state index in [4.69, 9.17) is 0 Å². The summed E-state index contributed by atoms with van der Waals surface area (Å²) in [5.41, 5.74) is 1.34. The van der Waals surface area contributed by atoms with Crippen molar-refractivity contribution in [2.24, 2.45) is 0 Å². The number of carbonyl (C=O) groups excluding carboxylic acids is 1. The molecule has 0 radical (unpaired) electrons. The Morgan fingerprint density at radius 1 is 1.35 bits per heavy atom. The van der Waals surface area contributed by atoms with Crippen LogP contribution in [0.15, 0.2) is 24.3 Å². The van der Waals surface area contributed by atoms with Crippen molar-refractivity contribution in [3.63, 3.8) is 0 Å². The minimum absolute atomic E-state index is 0.150. The molecule has 2 rings (SSSR count). The molecule has 2 aromatic rings. The lowest BCUT2D eigenvalue weighted by atomic mass is 10.2. The second kappa shape index (κ2) is 4.50. The van der Waals surface area contributed by atoms with Crippen LogP contribution in [-0.4, -0.2) is 27.6 Å². The summed E-state index contributed by atoms with van der Waals surface area (Å²) in [7, 11) is 1.67. The number of phenolic OH excluding ortho intramolecular Hbond substituents is 1. The Hall–Kier alpha value is -1.95. The smallest absolute Gasteiger partial charge is 0.271 e. The third kappa shape index (κ3) is 2.26. The number of nitrogens with zero attached hydrogens (tertiary/aromatic N) is 3. The lowest BCUT2D eigenvalue weighted by molar-refractivity contribution is 0.0996. The fraction of sp³-hybridized carbons (Fsp3) is 0.182. The van der Waals surface area contributed by atoms with Gasteiger partial charge in [0.1, 0.15) is 10.6 Å². The monoisotopic (exact) mass is 249 g/mol. The van der Waals surface area contributed by atoms with E-state index in [2.05, 4.69) is 9.59 Å². The maximum atomic E-state index is 12.1. The van der Waals surface area contributed by atoms with Gasteiger partial charge in [0, 0.05) is 12.7 Å². The fourth-order valence-corrected chi connectivity index (χ4v) is 2.01. The van der Waals surface area contributed by atoms with Gasteiger partial charge in [0.2, 0.25) is 0 Å². The van der Waals surface area contributed by atoms with Crippen LogP contribution in [0.2, 0.25) is 0 Å². The number of hydrogen-bond donors (Lipinski definition) is 1. The van der Waals surface area contributed by atoms with Crippen LogP contribution in [0.3, 0.4) is 0 Å². The molecule has 1 N–H and O–H groups in total. The normalized spacial score (nSPS) is 10.2. The third-order valence-corrected chi connectivity index (χ3v) is 3.20. The summed E-state index contributed by atoms with van der Waals surface area (Å²) in [5, 5.41) is 13.0. The second-order valence-corrected chi connectivity index (χ2v) is 4.32. The summed E-state index contributed by atoms with van der Waals surface area (Å²) in [6.07, 6.45) is 0. The SMILES string of the molecule is Cc1nnsc1C(=O)N(C)c1ccc(O)cc1. The van der Waals surface area contributed by atoms with Crippen LogP contribution in [0.5, 0.6) is 5.75 Å². The Labute approximate surface area is 102 Å². The van der Waals surface area contributed by atoms with Gasteiger partial charge in [-0.05, 0) is 42.7 Å². The molecule has 0 spiro atoms. The van der Waals surface area contributed by atoms with Crippen molar-refractivity contribution in [3.05, 3.63) is 34.8 Å². The van der Waals surface area contributed by atoms with Crippen molar-refractivity contribution < 1.29 is 9.90 Å². The van der Waals surface area contributed by atoms with Crippen molar-refractivity contribution in [1.82, 2.24) is 9.59 Å². The van der Waals surface area contributed by atoms with Gasteiger partial charge in [-0.15, -0.1) is 5.10 Å². The van der Waals surface area contributed by atoms with Crippen molar-refractivity contribution in [3.8, 4) is 5.75 Å². The third-order valence-electron chi connectivity index (χ3n) is 2.39. The van der Waals surface area contributed by atoms with Crippen molar-refractivity contribution >= 4 is 23.1 Å². The van der Waals surface area contributed by atoms with Crippen LogP contribution in [0, 0.1) is 6.92 Å². The highest BCUT2D eigenvalue weighted by atomic mass is 32.1. The predicted octanol–water partition coefficient (Wildman–Crippen LogP) is 1.83. The molecule has 0 aliphatic carbocycles. The molecular weight excluding hydrogens is 238 g/mol. The number of hydrogen-bond acceptors (Lipinski definition) is 5. The number of aromatic hydroxyl groups is 1. The van der Waals surface area contributed by atoms with E-state index in [0.717, 1.165) is 11.5 Å². The van der Waals surface area contributed by atoms with Crippen molar-refractivity contribution in [2.45, 2.75) is 6.92 Å². The molecule has 1 amide bonds. The molecule has 88 valence electrons. The van der Waals surface area contributed by atoms with Gasteiger partial charge >= 0.3 is 0 Å². The number of aryl methyl sites for hydroxylation is 1. The van der Waals surface area contributed by atoms with Crippen LogP contribution in [0.1, 0.15) is 15.4 Å². The number of amides is 1. The predicted molar refractivity (Wildman–Crippen MR) is 65.5 cm³/mol. The van der Waals surface area contributed by atoms with E-state index in [1.807, 2.05) is 0 Å². The van der Waals surface area contributed by atoms with E-state index < -0.39 is 0 Å². The largest absolute Gasteiger partial charge is 0.508 e. The summed E-state index contributed by atoms with van der Waals surface area (Å²) < 4.78 is 3.74. The number of rotatable bonds is 2. The van der Waals surface area contributed by atoms with E-state index in [9.17, 15) is 9.90 Å². The van der Waals surface area contributed by atoms with Crippen LogP contribution < -0.4 is 4.90 Å². The van der Waals surface area contributed by atoms with Gasteiger partial charge in [-0.2, -0.15) is 0 Å². The van der Waals surface area contributed by atoms with Crippen LogP contribution in [0.4, 0.5) is 5.69 Å². The number of benzene rings is 1. The summed E-state index contributed by atoms with van der Waals surface area (Å²) in [6.45, 7) is 1.75. The molecule has 1 aromatic carbocycles. The Balaban J connectivity index is 2.26.